The lowest BCUT2D eigenvalue weighted by atomic mass is 9.97. The van der Waals surface area contributed by atoms with Crippen LogP contribution >= 0.6 is 11.8 Å². The normalized spacial score (nSPS) is 15.5. The van der Waals surface area contributed by atoms with Gasteiger partial charge >= 0.3 is 0 Å². The molecule has 17 heavy (non-hydrogen) atoms. The Labute approximate surface area is 108 Å². The van der Waals surface area contributed by atoms with E-state index in [1.165, 1.54) is 18.4 Å². The molecular weight excluding hydrogens is 234 g/mol. The number of hydrogen-bond donors (Lipinski definition) is 2. The average Bonchev–Trinajstić information content (AvgIpc) is 2.35. The van der Waals surface area contributed by atoms with Gasteiger partial charge in [-0.25, -0.2) is 0 Å². The second-order valence-corrected chi connectivity index (χ2v) is 5.55. The molecule has 0 aromatic heterocycles. The molecular formula is C13H23NO2S. The molecule has 1 amide bonds. The second-order valence-electron chi connectivity index (χ2n) is 4.32. The Morgan fingerprint density at radius 1 is 1.41 bits per heavy atom. The van der Waals surface area contributed by atoms with Gasteiger partial charge in [-0.15, -0.1) is 0 Å². The summed E-state index contributed by atoms with van der Waals surface area (Å²) in [7, 11) is 0. The van der Waals surface area contributed by atoms with Crippen LogP contribution in [0.4, 0.5) is 0 Å². The maximum atomic E-state index is 11.6. The molecule has 0 aromatic carbocycles. The van der Waals surface area contributed by atoms with Gasteiger partial charge in [0.25, 0.3) is 0 Å². The molecule has 0 saturated heterocycles. The highest BCUT2D eigenvalue weighted by atomic mass is 32.2. The highest BCUT2D eigenvalue weighted by molar-refractivity contribution is 7.99. The molecule has 0 saturated carbocycles. The fourth-order valence-electron chi connectivity index (χ4n) is 1.87. The average molecular weight is 257 g/mol. The minimum absolute atomic E-state index is 0.154. The third-order valence-corrected chi connectivity index (χ3v) is 3.86. The fourth-order valence-corrected chi connectivity index (χ4v) is 2.65. The molecule has 0 bridgehead atoms. The first-order valence-electron chi connectivity index (χ1n) is 6.46. The molecule has 0 aliphatic heterocycles. The summed E-state index contributed by atoms with van der Waals surface area (Å²) in [6, 6.07) is 0. The Kier molecular flexibility index (Phi) is 8.18. The number of thioether (sulfide) groups is 1. The minimum Gasteiger partial charge on any atom is -0.396 e. The van der Waals surface area contributed by atoms with Gasteiger partial charge in [-0.2, -0.15) is 11.8 Å². The van der Waals surface area contributed by atoms with Crippen molar-refractivity contribution in [3.8, 4) is 0 Å². The van der Waals surface area contributed by atoms with Crippen molar-refractivity contribution < 1.29 is 9.90 Å². The first-order chi connectivity index (χ1) is 8.33. The SMILES string of the molecule is O=C(CC1=CCCCC1)NCCSCCCO. The van der Waals surface area contributed by atoms with Gasteiger partial charge in [-0.1, -0.05) is 11.6 Å². The van der Waals surface area contributed by atoms with Gasteiger partial charge in [0.15, 0.2) is 0 Å². The largest absolute Gasteiger partial charge is 0.396 e. The van der Waals surface area contributed by atoms with Crippen LogP contribution in [0.15, 0.2) is 11.6 Å². The van der Waals surface area contributed by atoms with Gasteiger partial charge in [-0.3, -0.25) is 4.79 Å². The predicted octanol–water partition coefficient (Wildman–Crippen LogP) is 2.11. The summed E-state index contributed by atoms with van der Waals surface area (Å²) < 4.78 is 0. The number of nitrogens with one attached hydrogen (secondary N) is 1. The van der Waals surface area contributed by atoms with Crippen molar-refractivity contribution in [3.05, 3.63) is 11.6 Å². The Bertz CT molecular complexity index is 254. The van der Waals surface area contributed by atoms with Crippen molar-refractivity contribution in [3.63, 3.8) is 0 Å². The number of aliphatic hydroxyl groups excluding tert-OH is 1. The zero-order valence-electron chi connectivity index (χ0n) is 10.4. The summed E-state index contributed by atoms with van der Waals surface area (Å²) in [5, 5.41) is 11.5. The molecule has 0 aromatic rings. The summed E-state index contributed by atoms with van der Waals surface area (Å²) >= 11 is 1.78. The van der Waals surface area contributed by atoms with Gasteiger partial charge in [0, 0.05) is 25.3 Å². The summed E-state index contributed by atoms with van der Waals surface area (Å²) in [6.45, 7) is 0.996. The molecule has 0 fully saturated rings. The van der Waals surface area contributed by atoms with E-state index in [4.69, 9.17) is 5.11 Å². The van der Waals surface area contributed by atoms with E-state index in [0.29, 0.717) is 6.42 Å². The molecule has 1 aliphatic rings. The number of aliphatic hydroxyl groups is 1. The first-order valence-corrected chi connectivity index (χ1v) is 7.61. The van der Waals surface area contributed by atoms with Crippen LogP contribution in [-0.2, 0) is 4.79 Å². The van der Waals surface area contributed by atoms with Crippen molar-refractivity contribution in [2.24, 2.45) is 0 Å². The number of hydrogen-bond acceptors (Lipinski definition) is 3. The van der Waals surface area contributed by atoms with E-state index >= 15 is 0 Å². The molecule has 0 spiro atoms. The molecule has 0 unspecified atom stereocenters. The van der Waals surface area contributed by atoms with Crippen LogP contribution < -0.4 is 5.32 Å². The first kappa shape index (κ1) is 14.6. The lowest BCUT2D eigenvalue weighted by Crippen LogP contribution is -2.26. The van der Waals surface area contributed by atoms with Crippen molar-refractivity contribution in [2.45, 2.75) is 38.5 Å². The zero-order valence-corrected chi connectivity index (χ0v) is 11.2. The molecule has 98 valence electrons. The maximum Gasteiger partial charge on any atom is 0.224 e. The van der Waals surface area contributed by atoms with Crippen LogP contribution in [0.2, 0.25) is 0 Å². The molecule has 4 heteroatoms. The zero-order chi connectivity index (χ0) is 12.3. The van der Waals surface area contributed by atoms with Crippen LogP contribution in [-0.4, -0.2) is 35.7 Å². The molecule has 0 heterocycles. The number of allylic oxidation sites excluding steroid dienone is 1. The maximum absolute atomic E-state index is 11.6. The highest BCUT2D eigenvalue weighted by Gasteiger charge is 2.08. The van der Waals surface area contributed by atoms with Gasteiger partial charge in [-0.05, 0) is 37.9 Å². The topological polar surface area (TPSA) is 49.3 Å². The predicted molar refractivity (Wildman–Crippen MR) is 73.2 cm³/mol. The van der Waals surface area contributed by atoms with E-state index < -0.39 is 0 Å². The van der Waals surface area contributed by atoms with E-state index in [9.17, 15) is 4.79 Å². The van der Waals surface area contributed by atoms with E-state index in [0.717, 1.165) is 37.3 Å². The Balaban J connectivity index is 1.99. The van der Waals surface area contributed by atoms with Gasteiger partial charge < -0.3 is 10.4 Å². The Morgan fingerprint density at radius 2 is 2.29 bits per heavy atom. The number of carbonyl (C=O) groups excluding carboxylic acids is 1. The Hall–Kier alpha value is -0.480. The number of rotatable bonds is 8. The minimum atomic E-state index is 0.154. The van der Waals surface area contributed by atoms with Gasteiger partial charge in [0.1, 0.15) is 0 Å². The van der Waals surface area contributed by atoms with E-state index in [1.54, 1.807) is 11.8 Å². The molecule has 3 nitrogen and oxygen atoms in total. The summed E-state index contributed by atoms with van der Waals surface area (Å²) in [5.41, 5.74) is 1.31. The molecule has 2 N–H and O–H groups in total. The van der Waals surface area contributed by atoms with Crippen LogP contribution in [0.25, 0.3) is 0 Å². The van der Waals surface area contributed by atoms with Crippen molar-refractivity contribution in [2.75, 3.05) is 24.7 Å². The van der Waals surface area contributed by atoms with Crippen LogP contribution in [0.5, 0.6) is 0 Å². The lowest BCUT2D eigenvalue weighted by molar-refractivity contribution is -0.120. The summed E-state index contributed by atoms with van der Waals surface area (Å²) in [5.74, 6) is 2.06. The second kappa shape index (κ2) is 9.54. The van der Waals surface area contributed by atoms with Crippen LogP contribution in [0, 0.1) is 0 Å². The Morgan fingerprint density at radius 3 is 3.00 bits per heavy atom. The van der Waals surface area contributed by atoms with E-state index in [2.05, 4.69) is 11.4 Å². The highest BCUT2D eigenvalue weighted by Crippen LogP contribution is 2.19. The van der Waals surface area contributed by atoms with Gasteiger partial charge in [0.2, 0.25) is 5.91 Å². The fraction of sp³-hybridized carbons (Fsp3) is 0.769. The van der Waals surface area contributed by atoms with Crippen molar-refractivity contribution in [1.29, 1.82) is 0 Å². The third kappa shape index (κ3) is 7.45. The monoisotopic (exact) mass is 257 g/mol. The summed E-state index contributed by atoms with van der Waals surface area (Å²) in [4.78, 5) is 11.6. The molecule has 0 radical (unpaired) electrons. The van der Waals surface area contributed by atoms with E-state index in [-0.39, 0.29) is 12.5 Å². The van der Waals surface area contributed by atoms with E-state index in [1.807, 2.05) is 0 Å². The summed E-state index contributed by atoms with van der Waals surface area (Å²) in [6.07, 6.45) is 8.38. The standard InChI is InChI=1S/C13H23NO2S/c15-8-4-9-17-10-7-14-13(16)11-12-5-2-1-3-6-12/h5,15H,1-4,6-11H2,(H,14,16). The molecule has 0 atom stereocenters. The van der Waals surface area contributed by atoms with Crippen molar-refractivity contribution in [1.82, 2.24) is 5.32 Å². The molecule has 1 rings (SSSR count). The third-order valence-electron chi connectivity index (χ3n) is 2.79. The number of amides is 1. The quantitative estimate of drug-likeness (QED) is 0.517. The smallest absolute Gasteiger partial charge is 0.224 e. The van der Waals surface area contributed by atoms with Crippen LogP contribution in [0.3, 0.4) is 0 Å². The number of carbonyl (C=O) groups is 1. The van der Waals surface area contributed by atoms with Gasteiger partial charge in [0.05, 0.1) is 0 Å². The van der Waals surface area contributed by atoms with Crippen LogP contribution in [0.1, 0.15) is 38.5 Å². The molecule has 1 aliphatic carbocycles. The van der Waals surface area contributed by atoms with Crippen molar-refractivity contribution >= 4 is 17.7 Å². The lowest BCUT2D eigenvalue weighted by Gasteiger charge is -2.12.